The maximum atomic E-state index is 12.3. The molecule has 6 heteroatoms. The van der Waals surface area contributed by atoms with Crippen LogP contribution in [0.2, 0.25) is 0 Å². The fourth-order valence-electron chi connectivity index (χ4n) is 2.68. The van der Waals surface area contributed by atoms with Gasteiger partial charge < -0.3 is 14.6 Å². The number of H-pyrrole nitrogens is 1. The Hall–Kier alpha value is -3.41. The zero-order valence-corrected chi connectivity index (χ0v) is 12.8. The van der Waals surface area contributed by atoms with Crippen LogP contribution < -0.4 is 5.56 Å². The van der Waals surface area contributed by atoms with E-state index in [4.69, 9.17) is 4.52 Å². The highest BCUT2D eigenvalue weighted by atomic mass is 16.5. The second-order valence-electron chi connectivity index (χ2n) is 5.46. The summed E-state index contributed by atoms with van der Waals surface area (Å²) in [4.78, 5) is 19.3. The highest BCUT2D eigenvalue weighted by molar-refractivity contribution is 5.90. The zero-order chi connectivity index (χ0) is 16.7. The third-order valence-electron chi connectivity index (χ3n) is 3.92. The second-order valence-corrected chi connectivity index (χ2v) is 5.46. The molecule has 0 unspecified atom stereocenters. The van der Waals surface area contributed by atoms with Crippen molar-refractivity contribution in [1.29, 1.82) is 0 Å². The van der Waals surface area contributed by atoms with Gasteiger partial charge in [0.2, 0.25) is 5.82 Å². The smallest absolute Gasteiger partial charge is 0.267 e. The van der Waals surface area contributed by atoms with Gasteiger partial charge in [0.05, 0.1) is 5.52 Å². The Balaban J connectivity index is 1.91. The molecule has 0 spiro atoms. The number of fused-ring (bicyclic) bond motifs is 1. The van der Waals surface area contributed by atoms with Gasteiger partial charge >= 0.3 is 0 Å². The fraction of sp³-hybridized carbons (Fsp3) is 0.0556. The van der Waals surface area contributed by atoms with Crippen LogP contribution in [0.15, 0.2) is 57.8 Å². The first-order chi connectivity index (χ1) is 11.6. The number of pyridine rings is 1. The van der Waals surface area contributed by atoms with Crippen LogP contribution in [-0.4, -0.2) is 20.2 Å². The van der Waals surface area contributed by atoms with E-state index >= 15 is 0 Å². The van der Waals surface area contributed by atoms with E-state index in [1.165, 1.54) is 0 Å². The lowest BCUT2D eigenvalue weighted by Gasteiger charge is -2.03. The Morgan fingerprint density at radius 3 is 2.67 bits per heavy atom. The first-order valence-corrected chi connectivity index (χ1v) is 7.39. The lowest BCUT2D eigenvalue weighted by Crippen LogP contribution is -2.09. The van der Waals surface area contributed by atoms with E-state index in [1.807, 2.05) is 31.2 Å². The minimum absolute atomic E-state index is 0.0160. The Kier molecular flexibility index (Phi) is 3.16. The lowest BCUT2D eigenvalue weighted by molar-refractivity contribution is 0.426. The van der Waals surface area contributed by atoms with Crippen LogP contribution in [0.4, 0.5) is 0 Å². The van der Waals surface area contributed by atoms with Gasteiger partial charge in [-0.25, -0.2) is 0 Å². The number of aromatic hydroxyl groups is 1. The molecule has 2 N–H and O–H groups in total. The van der Waals surface area contributed by atoms with Crippen LogP contribution in [0, 0.1) is 6.92 Å². The van der Waals surface area contributed by atoms with Crippen molar-refractivity contribution in [3.63, 3.8) is 0 Å². The van der Waals surface area contributed by atoms with Gasteiger partial charge in [-0.15, -0.1) is 0 Å². The molecule has 0 saturated heterocycles. The van der Waals surface area contributed by atoms with E-state index in [2.05, 4.69) is 15.1 Å². The third kappa shape index (κ3) is 2.16. The number of benzene rings is 2. The van der Waals surface area contributed by atoms with Crippen molar-refractivity contribution in [1.82, 2.24) is 15.1 Å². The number of aromatic nitrogens is 3. The molecular formula is C18H13N3O3. The number of hydrogen-bond acceptors (Lipinski definition) is 5. The molecule has 4 rings (SSSR count). The van der Waals surface area contributed by atoms with E-state index in [9.17, 15) is 9.90 Å². The van der Waals surface area contributed by atoms with Crippen LogP contribution in [0.5, 0.6) is 5.75 Å². The van der Waals surface area contributed by atoms with E-state index < -0.39 is 5.56 Å². The van der Waals surface area contributed by atoms with E-state index in [-0.39, 0.29) is 17.2 Å². The van der Waals surface area contributed by atoms with Crippen LogP contribution in [0.1, 0.15) is 5.56 Å². The molecule has 24 heavy (non-hydrogen) atoms. The summed E-state index contributed by atoms with van der Waals surface area (Å²) in [6.07, 6.45) is 0. The molecule has 0 aliphatic heterocycles. The Labute approximate surface area is 136 Å². The Morgan fingerprint density at radius 2 is 1.83 bits per heavy atom. The summed E-state index contributed by atoms with van der Waals surface area (Å²) in [6.45, 7) is 1.94. The number of nitrogens with one attached hydrogen (secondary N) is 1. The zero-order valence-electron chi connectivity index (χ0n) is 12.8. The summed E-state index contributed by atoms with van der Waals surface area (Å²) < 4.78 is 5.23. The molecule has 0 amide bonds. The lowest BCUT2D eigenvalue weighted by atomic mass is 10.1. The molecule has 0 aliphatic carbocycles. The second kappa shape index (κ2) is 5.34. The van der Waals surface area contributed by atoms with Gasteiger partial charge in [-0.3, -0.25) is 4.79 Å². The monoisotopic (exact) mass is 319 g/mol. The van der Waals surface area contributed by atoms with Crippen molar-refractivity contribution < 1.29 is 9.63 Å². The molecule has 0 bridgehead atoms. The summed E-state index contributed by atoms with van der Waals surface area (Å²) in [7, 11) is 0. The van der Waals surface area contributed by atoms with E-state index in [0.717, 1.165) is 11.1 Å². The summed E-state index contributed by atoms with van der Waals surface area (Å²) in [5, 5.41) is 14.9. The number of rotatable bonds is 2. The Morgan fingerprint density at radius 1 is 1.08 bits per heavy atom. The first kappa shape index (κ1) is 14.2. The predicted molar refractivity (Wildman–Crippen MR) is 89.7 cm³/mol. The maximum Gasteiger partial charge on any atom is 0.267 e. The van der Waals surface area contributed by atoms with Crippen molar-refractivity contribution in [3.05, 3.63) is 64.4 Å². The predicted octanol–water partition coefficient (Wildman–Crippen LogP) is 3.26. The van der Waals surface area contributed by atoms with Crippen molar-refractivity contribution in [2.45, 2.75) is 6.92 Å². The maximum absolute atomic E-state index is 12.3. The van der Waals surface area contributed by atoms with Gasteiger partial charge in [-0.1, -0.05) is 41.6 Å². The van der Waals surface area contributed by atoms with Gasteiger partial charge in [-0.2, -0.15) is 4.98 Å². The van der Waals surface area contributed by atoms with Crippen LogP contribution in [0.25, 0.3) is 33.7 Å². The number of hydrogen-bond donors (Lipinski definition) is 2. The van der Waals surface area contributed by atoms with Crippen molar-refractivity contribution in [3.8, 4) is 28.6 Å². The molecule has 2 heterocycles. The van der Waals surface area contributed by atoms with Crippen LogP contribution >= 0.6 is 0 Å². The summed E-state index contributed by atoms with van der Waals surface area (Å²) in [5.41, 5.74) is 1.83. The third-order valence-corrected chi connectivity index (χ3v) is 3.92. The minimum Gasteiger partial charge on any atom is -0.506 e. The van der Waals surface area contributed by atoms with E-state index in [1.54, 1.807) is 24.3 Å². The van der Waals surface area contributed by atoms with Crippen LogP contribution in [0.3, 0.4) is 0 Å². The molecule has 0 saturated carbocycles. The SMILES string of the molecule is Cc1ccccc1-c1noc(-c2c(O)c3ccccc3[nH]c2=O)n1. The first-order valence-electron chi connectivity index (χ1n) is 7.39. The van der Waals surface area contributed by atoms with Crippen molar-refractivity contribution in [2.75, 3.05) is 0 Å². The molecular weight excluding hydrogens is 306 g/mol. The Bertz CT molecular complexity index is 1110. The molecule has 0 radical (unpaired) electrons. The number of para-hydroxylation sites is 1. The highest BCUT2D eigenvalue weighted by Crippen LogP contribution is 2.32. The molecule has 0 aliphatic rings. The molecule has 118 valence electrons. The molecule has 2 aromatic carbocycles. The average molecular weight is 319 g/mol. The van der Waals surface area contributed by atoms with Gasteiger partial charge in [0.1, 0.15) is 11.3 Å². The normalized spacial score (nSPS) is 11.0. The molecule has 4 aromatic rings. The van der Waals surface area contributed by atoms with Gasteiger partial charge in [-0.05, 0) is 24.6 Å². The summed E-state index contributed by atoms with van der Waals surface area (Å²) >= 11 is 0. The average Bonchev–Trinajstić information content (AvgIpc) is 3.04. The number of aromatic amines is 1. The number of aryl methyl sites for hydroxylation is 1. The molecule has 6 nitrogen and oxygen atoms in total. The minimum atomic E-state index is -0.480. The highest BCUT2D eigenvalue weighted by Gasteiger charge is 2.20. The van der Waals surface area contributed by atoms with Gasteiger partial charge in [0.25, 0.3) is 11.4 Å². The molecule has 0 atom stereocenters. The fourth-order valence-corrected chi connectivity index (χ4v) is 2.68. The molecule has 2 aromatic heterocycles. The topological polar surface area (TPSA) is 92.0 Å². The molecule has 0 fully saturated rings. The summed E-state index contributed by atoms with van der Waals surface area (Å²) in [6, 6.07) is 14.6. The van der Waals surface area contributed by atoms with Gasteiger partial charge in [0, 0.05) is 10.9 Å². The standard InChI is InChI=1S/C18H13N3O3/c1-10-6-2-3-7-11(10)16-20-18(24-21-16)14-15(22)12-8-4-5-9-13(12)19-17(14)23/h2-9H,1H3,(H2,19,22,23). The van der Waals surface area contributed by atoms with Crippen LogP contribution in [-0.2, 0) is 0 Å². The largest absolute Gasteiger partial charge is 0.506 e. The summed E-state index contributed by atoms with van der Waals surface area (Å²) in [5.74, 6) is 0.183. The van der Waals surface area contributed by atoms with Gasteiger partial charge in [0.15, 0.2) is 0 Å². The van der Waals surface area contributed by atoms with Crippen molar-refractivity contribution >= 4 is 10.9 Å². The number of nitrogens with zero attached hydrogens (tertiary/aromatic N) is 2. The van der Waals surface area contributed by atoms with Crippen molar-refractivity contribution in [2.24, 2.45) is 0 Å². The van der Waals surface area contributed by atoms with E-state index in [0.29, 0.717) is 16.7 Å². The quantitative estimate of drug-likeness (QED) is 0.591.